The Labute approximate surface area is 149 Å². The largest absolute Gasteiger partial charge is 0.357 e. The molecule has 0 saturated carbocycles. The molecule has 0 fully saturated rings. The predicted molar refractivity (Wildman–Crippen MR) is 101 cm³/mol. The van der Waals surface area contributed by atoms with Crippen molar-refractivity contribution in [2.45, 2.75) is 38.6 Å². The standard InChI is InChI=1S/C17H24FN3.HI/c1-2-19-17(21-16-10-3-4-11-16)20-12-6-8-14-7-5-9-15(18)13-14;/h3-5,7,9,13,16H,2,6,8,10-12H2,1H3,(H2,19,20,21);1H. The van der Waals surface area contributed by atoms with E-state index in [1.165, 1.54) is 6.07 Å². The summed E-state index contributed by atoms with van der Waals surface area (Å²) < 4.78 is 13.1. The lowest BCUT2D eigenvalue weighted by molar-refractivity contribution is 0.623. The van der Waals surface area contributed by atoms with Crippen molar-refractivity contribution >= 4 is 29.9 Å². The van der Waals surface area contributed by atoms with Crippen molar-refractivity contribution in [3.8, 4) is 0 Å². The SMILES string of the molecule is CCNC(=NCCCc1cccc(F)c1)NC1CC=CC1.I. The fourth-order valence-corrected chi connectivity index (χ4v) is 2.41. The molecule has 122 valence electrons. The first kappa shape index (κ1) is 18.9. The van der Waals surface area contributed by atoms with Gasteiger partial charge in [-0.1, -0.05) is 24.3 Å². The Hall–Kier alpha value is -1.11. The second kappa shape index (κ2) is 10.6. The van der Waals surface area contributed by atoms with Gasteiger partial charge in [0.15, 0.2) is 5.96 Å². The minimum Gasteiger partial charge on any atom is -0.357 e. The van der Waals surface area contributed by atoms with E-state index in [0.29, 0.717) is 6.04 Å². The van der Waals surface area contributed by atoms with Gasteiger partial charge in [-0.15, -0.1) is 24.0 Å². The van der Waals surface area contributed by atoms with E-state index in [1.807, 2.05) is 6.07 Å². The fraction of sp³-hybridized carbons (Fsp3) is 0.471. The maximum absolute atomic E-state index is 13.1. The summed E-state index contributed by atoms with van der Waals surface area (Å²) in [4.78, 5) is 4.59. The average Bonchev–Trinajstić information content (AvgIpc) is 2.97. The van der Waals surface area contributed by atoms with Crippen LogP contribution in [0.4, 0.5) is 4.39 Å². The number of aryl methyl sites for hydroxylation is 1. The van der Waals surface area contributed by atoms with Gasteiger partial charge in [0, 0.05) is 19.1 Å². The topological polar surface area (TPSA) is 36.4 Å². The van der Waals surface area contributed by atoms with Gasteiger partial charge in [-0.25, -0.2) is 4.39 Å². The second-order valence-electron chi connectivity index (χ2n) is 5.28. The highest BCUT2D eigenvalue weighted by Crippen LogP contribution is 2.09. The number of guanidine groups is 1. The van der Waals surface area contributed by atoms with E-state index in [1.54, 1.807) is 12.1 Å². The Morgan fingerprint density at radius 2 is 2.09 bits per heavy atom. The highest BCUT2D eigenvalue weighted by atomic mass is 127. The highest BCUT2D eigenvalue weighted by Gasteiger charge is 2.11. The molecule has 0 aliphatic heterocycles. The van der Waals surface area contributed by atoms with Crippen molar-refractivity contribution in [2.75, 3.05) is 13.1 Å². The quantitative estimate of drug-likeness (QED) is 0.244. The molecule has 2 rings (SSSR count). The molecule has 0 amide bonds. The number of benzene rings is 1. The molecule has 22 heavy (non-hydrogen) atoms. The number of nitrogens with one attached hydrogen (secondary N) is 2. The minimum absolute atomic E-state index is 0. The average molecular weight is 417 g/mol. The molecule has 1 aromatic carbocycles. The second-order valence-corrected chi connectivity index (χ2v) is 5.28. The van der Waals surface area contributed by atoms with Crippen molar-refractivity contribution in [2.24, 2.45) is 4.99 Å². The molecule has 1 aromatic rings. The molecule has 5 heteroatoms. The van der Waals surface area contributed by atoms with Crippen molar-refractivity contribution < 1.29 is 4.39 Å². The van der Waals surface area contributed by atoms with E-state index >= 15 is 0 Å². The Kier molecular flexibility index (Phi) is 9.11. The Balaban J connectivity index is 0.00000242. The molecule has 0 atom stereocenters. The van der Waals surface area contributed by atoms with E-state index in [4.69, 9.17) is 0 Å². The molecular formula is C17H25FIN3. The first-order chi connectivity index (χ1) is 10.3. The lowest BCUT2D eigenvalue weighted by Crippen LogP contribution is -2.42. The number of aliphatic imine (C=N–C) groups is 1. The van der Waals surface area contributed by atoms with Crippen molar-refractivity contribution in [3.05, 3.63) is 47.8 Å². The zero-order valence-electron chi connectivity index (χ0n) is 13.0. The van der Waals surface area contributed by atoms with Crippen molar-refractivity contribution in [3.63, 3.8) is 0 Å². The smallest absolute Gasteiger partial charge is 0.191 e. The zero-order valence-corrected chi connectivity index (χ0v) is 15.3. The third-order valence-electron chi connectivity index (χ3n) is 3.48. The van der Waals surface area contributed by atoms with E-state index in [-0.39, 0.29) is 29.8 Å². The van der Waals surface area contributed by atoms with Crippen LogP contribution in [0.15, 0.2) is 41.4 Å². The van der Waals surface area contributed by atoms with E-state index < -0.39 is 0 Å². The fourth-order valence-electron chi connectivity index (χ4n) is 2.41. The monoisotopic (exact) mass is 417 g/mol. The van der Waals surface area contributed by atoms with Gasteiger partial charge in [-0.2, -0.15) is 0 Å². The lowest BCUT2D eigenvalue weighted by atomic mass is 10.1. The molecule has 1 aliphatic rings. The molecular weight excluding hydrogens is 392 g/mol. The van der Waals surface area contributed by atoms with Gasteiger partial charge in [0.1, 0.15) is 5.82 Å². The number of halogens is 2. The van der Waals surface area contributed by atoms with E-state index in [9.17, 15) is 4.39 Å². The van der Waals surface area contributed by atoms with Crippen LogP contribution in [0.25, 0.3) is 0 Å². The molecule has 0 saturated heterocycles. The summed E-state index contributed by atoms with van der Waals surface area (Å²) in [5.41, 5.74) is 1.03. The number of rotatable bonds is 6. The third-order valence-corrected chi connectivity index (χ3v) is 3.48. The van der Waals surface area contributed by atoms with Crippen LogP contribution < -0.4 is 10.6 Å². The number of hydrogen-bond acceptors (Lipinski definition) is 1. The third kappa shape index (κ3) is 6.77. The van der Waals surface area contributed by atoms with Crippen LogP contribution in [-0.4, -0.2) is 25.1 Å². The van der Waals surface area contributed by atoms with Gasteiger partial charge in [-0.05, 0) is 50.3 Å². The van der Waals surface area contributed by atoms with Crippen LogP contribution in [0.1, 0.15) is 31.7 Å². The van der Waals surface area contributed by atoms with Gasteiger partial charge in [0.25, 0.3) is 0 Å². The van der Waals surface area contributed by atoms with Crippen molar-refractivity contribution in [1.29, 1.82) is 0 Å². The summed E-state index contributed by atoms with van der Waals surface area (Å²) in [6.45, 7) is 3.67. The first-order valence-electron chi connectivity index (χ1n) is 7.72. The summed E-state index contributed by atoms with van der Waals surface area (Å²) in [6.07, 6.45) is 8.30. The Morgan fingerprint density at radius 1 is 1.32 bits per heavy atom. The zero-order chi connectivity index (χ0) is 14.9. The molecule has 0 unspecified atom stereocenters. The summed E-state index contributed by atoms with van der Waals surface area (Å²) in [5.74, 6) is 0.713. The lowest BCUT2D eigenvalue weighted by Gasteiger charge is -2.16. The van der Waals surface area contributed by atoms with Crippen LogP contribution in [0.3, 0.4) is 0 Å². The molecule has 0 heterocycles. The number of nitrogens with zero attached hydrogens (tertiary/aromatic N) is 1. The first-order valence-corrected chi connectivity index (χ1v) is 7.72. The normalized spacial score (nSPS) is 14.7. The van der Waals surface area contributed by atoms with Crippen LogP contribution in [0.5, 0.6) is 0 Å². The summed E-state index contributed by atoms with van der Waals surface area (Å²) in [6, 6.07) is 7.25. The van der Waals surface area contributed by atoms with Crippen molar-refractivity contribution in [1.82, 2.24) is 10.6 Å². The van der Waals surface area contributed by atoms with Crippen LogP contribution in [-0.2, 0) is 6.42 Å². The summed E-state index contributed by atoms with van der Waals surface area (Å²) in [7, 11) is 0. The molecule has 1 aliphatic carbocycles. The van der Waals surface area contributed by atoms with Gasteiger partial charge >= 0.3 is 0 Å². The van der Waals surface area contributed by atoms with E-state index in [0.717, 1.165) is 50.3 Å². The van der Waals surface area contributed by atoms with Gasteiger partial charge in [0.05, 0.1) is 0 Å². The molecule has 2 N–H and O–H groups in total. The van der Waals surface area contributed by atoms with Crippen LogP contribution in [0, 0.1) is 5.82 Å². The Morgan fingerprint density at radius 3 is 2.77 bits per heavy atom. The van der Waals surface area contributed by atoms with Crippen LogP contribution in [0.2, 0.25) is 0 Å². The molecule has 3 nitrogen and oxygen atoms in total. The van der Waals surface area contributed by atoms with E-state index in [2.05, 4.69) is 34.7 Å². The minimum atomic E-state index is -0.167. The molecule has 0 bridgehead atoms. The van der Waals surface area contributed by atoms with Gasteiger partial charge in [-0.3, -0.25) is 4.99 Å². The molecule has 0 spiro atoms. The predicted octanol–water partition coefficient (Wildman–Crippen LogP) is 3.65. The summed E-state index contributed by atoms with van der Waals surface area (Å²) >= 11 is 0. The number of hydrogen-bond donors (Lipinski definition) is 2. The van der Waals surface area contributed by atoms with Crippen LogP contribution >= 0.6 is 24.0 Å². The maximum Gasteiger partial charge on any atom is 0.191 e. The van der Waals surface area contributed by atoms with Gasteiger partial charge < -0.3 is 10.6 Å². The molecule has 0 radical (unpaired) electrons. The molecule has 0 aromatic heterocycles. The summed E-state index contributed by atoms with van der Waals surface area (Å²) in [5, 5.41) is 6.71. The highest BCUT2D eigenvalue weighted by molar-refractivity contribution is 14.0. The Bertz CT molecular complexity index is 494. The maximum atomic E-state index is 13.1. The van der Waals surface area contributed by atoms with Gasteiger partial charge in [0.2, 0.25) is 0 Å².